The van der Waals surface area contributed by atoms with Gasteiger partial charge in [0.1, 0.15) is 92.1 Å². The number of hydrogen-bond acceptors (Lipinski definition) is 22. The lowest BCUT2D eigenvalue weighted by atomic mass is 9.84. The first-order valence-corrected chi connectivity index (χ1v) is 31.0. The first-order chi connectivity index (χ1) is 37.9. The molecular weight excluding hydrogens is 1060 g/mol. The van der Waals surface area contributed by atoms with E-state index >= 15 is 0 Å². The predicted octanol–water partition coefficient (Wildman–Crippen LogP) is 3.93. The van der Waals surface area contributed by atoms with Crippen molar-refractivity contribution in [2.45, 2.75) is 298 Å². The van der Waals surface area contributed by atoms with Crippen LogP contribution in [0.4, 0.5) is 0 Å². The number of carbonyl (C=O) groups excluding carboxylic acids is 2. The molecule has 0 radical (unpaired) electrons. The molecule has 2 heterocycles. The van der Waals surface area contributed by atoms with Gasteiger partial charge < -0.3 is 89.5 Å². The summed E-state index contributed by atoms with van der Waals surface area (Å²) in [7, 11) is -5.63. The Morgan fingerprint density at radius 3 is 1.25 bits per heavy atom. The summed E-state index contributed by atoms with van der Waals surface area (Å²) >= 11 is 0. The Morgan fingerprint density at radius 2 is 0.835 bits per heavy atom. The summed E-state index contributed by atoms with van der Waals surface area (Å²) in [6.45, 7) is 0.990. The van der Waals surface area contributed by atoms with Crippen LogP contribution in [0, 0.1) is 0 Å². The Balaban J connectivity index is 1.71. The van der Waals surface area contributed by atoms with Gasteiger partial charge in [-0.15, -0.1) is 0 Å². The molecule has 0 aromatic carbocycles. The molecule has 12 N–H and O–H groups in total. The van der Waals surface area contributed by atoms with Gasteiger partial charge in [-0.05, 0) is 38.5 Å². The minimum absolute atomic E-state index is 0.0302. The summed E-state index contributed by atoms with van der Waals surface area (Å²) in [4.78, 5) is 37.5. The number of ether oxygens (including phenoxy) is 6. The molecule has 0 aromatic rings. The molecule has 16 unspecified atom stereocenters. The number of aliphatic hydroxyl groups is 11. The lowest BCUT2D eigenvalue weighted by molar-refractivity contribution is -0.360. The van der Waals surface area contributed by atoms with Crippen LogP contribution < -0.4 is 0 Å². The molecule has 1 saturated carbocycles. The molecule has 24 heteroatoms. The Labute approximate surface area is 467 Å². The second-order valence-corrected chi connectivity index (χ2v) is 22.9. The Kier molecular flexibility index (Phi) is 36.6. The molecular formula is C55H101O23P. The third-order valence-electron chi connectivity index (χ3n) is 14.8. The van der Waals surface area contributed by atoms with Gasteiger partial charge in [-0.25, -0.2) is 4.57 Å². The second kappa shape index (κ2) is 40.5. The van der Waals surface area contributed by atoms with Crippen LogP contribution in [0.5, 0.6) is 0 Å². The molecule has 79 heavy (non-hydrogen) atoms. The molecule has 0 spiro atoms. The molecule has 0 amide bonds. The molecule has 1 aliphatic carbocycles. The molecule has 0 aromatic heterocycles. The van der Waals surface area contributed by atoms with Crippen molar-refractivity contribution in [1.82, 2.24) is 0 Å². The van der Waals surface area contributed by atoms with E-state index in [1.54, 1.807) is 0 Å². The van der Waals surface area contributed by atoms with Crippen molar-refractivity contribution < 1.29 is 113 Å². The SMILES string of the molecule is CCCCCCCCC=CCCCCCC(=O)OCC(COP(=O)(O)OC1C(OC2OC(CO)C(O)C(O)C2O)C(O)C(O)C(O)C1OC1OC(CO)C(O)C(O)C1O)OC(=O)CCCCCCCCCCCCCCCCC. The highest BCUT2D eigenvalue weighted by molar-refractivity contribution is 7.47. The Bertz CT molecular complexity index is 1630. The summed E-state index contributed by atoms with van der Waals surface area (Å²) in [6, 6.07) is 0. The summed E-state index contributed by atoms with van der Waals surface area (Å²) < 4.78 is 58.1. The fraction of sp³-hybridized carbons (Fsp3) is 0.927. The normalized spacial score (nSPS) is 31.5. The van der Waals surface area contributed by atoms with E-state index < -0.39 is 150 Å². The van der Waals surface area contributed by atoms with Gasteiger partial charge in [-0.3, -0.25) is 18.6 Å². The monoisotopic (exact) mass is 1160 g/mol. The predicted molar refractivity (Wildman–Crippen MR) is 287 cm³/mol. The standard InChI is InChI=1S/C55H101O23P/c1-3-5-7-9-11-13-15-17-18-20-22-24-26-28-30-32-41(59)73-37(35-71-40(58)31-29-27-25-23-21-19-16-14-12-10-8-6-4-2)36-72-79(69,70)78-53-51(76-54-49(67)44(62)42(60)38(33-56)74-54)47(65)46(64)48(66)52(53)77-55-50(68)45(63)43(61)39(34-57)75-55/h19,21,37-39,42-57,60-68H,3-18,20,22-36H2,1-2H3,(H,69,70). The number of carbonyl (C=O) groups is 2. The zero-order valence-corrected chi connectivity index (χ0v) is 47.8. The van der Waals surface area contributed by atoms with E-state index in [1.807, 2.05) is 0 Å². The van der Waals surface area contributed by atoms with Crippen molar-refractivity contribution in [2.24, 2.45) is 0 Å². The van der Waals surface area contributed by atoms with Crippen molar-refractivity contribution in [3.63, 3.8) is 0 Å². The van der Waals surface area contributed by atoms with E-state index in [4.69, 9.17) is 37.5 Å². The lowest BCUT2D eigenvalue weighted by Crippen LogP contribution is -2.69. The number of unbranched alkanes of at least 4 members (excludes halogenated alkanes) is 23. The van der Waals surface area contributed by atoms with Crippen LogP contribution in [0.15, 0.2) is 12.2 Å². The molecule has 464 valence electrons. The number of rotatable bonds is 43. The topological polar surface area (TPSA) is 368 Å². The summed E-state index contributed by atoms with van der Waals surface area (Å²) in [6.07, 6.45) is -2.30. The zero-order valence-electron chi connectivity index (χ0n) is 46.9. The first-order valence-electron chi connectivity index (χ1n) is 29.5. The average Bonchev–Trinajstić information content (AvgIpc) is 3.46. The highest BCUT2D eigenvalue weighted by Crippen LogP contribution is 2.49. The molecule has 16 atom stereocenters. The first kappa shape index (κ1) is 71.5. The average molecular weight is 1160 g/mol. The molecule has 2 aliphatic heterocycles. The van der Waals surface area contributed by atoms with Crippen LogP contribution in [0.25, 0.3) is 0 Å². The van der Waals surface area contributed by atoms with Crippen molar-refractivity contribution >= 4 is 19.8 Å². The largest absolute Gasteiger partial charge is 0.472 e. The number of phosphoric acid groups is 1. The van der Waals surface area contributed by atoms with Crippen molar-refractivity contribution in [1.29, 1.82) is 0 Å². The fourth-order valence-corrected chi connectivity index (χ4v) is 10.8. The number of phosphoric ester groups is 1. The maximum atomic E-state index is 14.0. The van der Waals surface area contributed by atoms with Gasteiger partial charge >= 0.3 is 19.8 Å². The fourth-order valence-electron chi connectivity index (χ4n) is 9.88. The van der Waals surface area contributed by atoms with E-state index in [-0.39, 0.29) is 12.8 Å². The van der Waals surface area contributed by atoms with E-state index in [1.165, 1.54) is 89.9 Å². The highest BCUT2D eigenvalue weighted by atomic mass is 31.2. The minimum atomic E-state index is -5.63. The second-order valence-electron chi connectivity index (χ2n) is 21.5. The maximum absolute atomic E-state index is 14.0. The van der Waals surface area contributed by atoms with Crippen molar-refractivity contribution in [3.05, 3.63) is 12.2 Å². The number of aliphatic hydroxyl groups excluding tert-OH is 11. The number of esters is 2. The van der Waals surface area contributed by atoms with Gasteiger partial charge in [0.05, 0.1) is 19.8 Å². The number of hydrogen-bond donors (Lipinski definition) is 12. The van der Waals surface area contributed by atoms with Crippen LogP contribution in [-0.2, 0) is 51.6 Å². The molecule has 3 fully saturated rings. The quantitative estimate of drug-likeness (QED) is 0.0178. The van der Waals surface area contributed by atoms with Crippen LogP contribution in [0.1, 0.15) is 194 Å². The Hall–Kier alpha value is -1.81. The Morgan fingerprint density at radius 1 is 0.468 bits per heavy atom. The van der Waals surface area contributed by atoms with Crippen LogP contribution in [-0.4, -0.2) is 204 Å². The van der Waals surface area contributed by atoms with Gasteiger partial charge in [0, 0.05) is 12.8 Å². The van der Waals surface area contributed by atoms with Crippen LogP contribution in [0.2, 0.25) is 0 Å². The van der Waals surface area contributed by atoms with Gasteiger partial charge in [0.15, 0.2) is 18.7 Å². The third kappa shape index (κ3) is 26.3. The lowest BCUT2D eigenvalue weighted by Gasteiger charge is -2.49. The van der Waals surface area contributed by atoms with Crippen molar-refractivity contribution in [3.8, 4) is 0 Å². The highest BCUT2D eigenvalue weighted by Gasteiger charge is 2.58. The molecule has 0 bridgehead atoms. The third-order valence-corrected chi connectivity index (χ3v) is 15.8. The van der Waals surface area contributed by atoms with E-state index in [2.05, 4.69) is 26.0 Å². The van der Waals surface area contributed by atoms with Crippen LogP contribution >= 0.6 is 7.82 Å². The molecule has 3 rings (SSSR count). The summed E-state index contributed by atoms with van der Waals surface area (Å²) in [5.41, 5.74) is 0. The number of allylic oxidation sites excluding steroid dienone is 2. The van der Waals surface area contributed by atoms with E-state index in [0.29, 0.717) is 12.8 Å². The smallest absolute Gasteiger partial charge is 0.462 e. The molecule has 3 aliphatic rings. The molecule has 23 nitrogen and oxygen atoms in total. The van der Waals surface area contributed by atoms with Gasteiger partial charge in [0.2, 0.25) is 0 Å². The van der Waals surface area contributed by atoms with Crippen molar-refractivity contribution in [2.75, 3.05) is 26.4 Å². The molecule has 2 saturated heterocycles. The zero-order chi connectivity index (χ0) is 58.2. The van der Waals surface area contributed by atoms with E-state index in [0.717, 1.165) is 64.2 Å². The van der Waals surface area contributed by atoms with E-state index in [9.17, 15) is 75.2 Å². The van der Waals surface area contributed by atoms with Gasteiger partial charge in [-0.2, -0.15) is 0 Å². The minimum Gasteiger partial charge on any atom is -0.462 e. The van der Waals surface area contributed by atoms with Gasteiger partial charge in [-0.1, -0.05) is 154 Å². The summed E-state index contributed by atoms with van der Waals surface area (Å²) in [5.74, 6) is -1.35. The van der Waals surface area contributed by atoms with Gasteiger partial charge in [0.25, 0.3) is 0 Å². The van der Waals surface area contributed by atoms with Crippen LogP contribution in [0.3, 0.4) is 0 Å². The summed E-state index contributed by atoms with van der Waals surface area (Å²) in [5, 5.41) is 117. The maximum Gasteiger partial charge on any atom is 0.472 e.